The number of Topliss-reactive ketones (excluding diaryl/α,β-unsaturated/α-hetero) is 1. The zero-order valence-corrected chi connectivity index (χ0v) is 23.8. The van der Waals surface area contributed by atoms with Crippen LogP contribution in [0.15, 0.2) is 11.6 Å². The van der Waals surface area contributed by atoms with Gasteiger partial charge in [0.2, 0.25) is 11.6 Å². The fourth-order valence-corrected chi connectivity index (χ4v) is 10.6. The Balaban J connectivity index is 1.57. The van der Waals surface area contributed by atoms with Crippen LogP contribution in [0.2, 0.25) is 0 Å². The molecular weight excluding hydrogens is 540 g/mol. The van der Waals surface area contributed by atoms with E-state index in [1.807, 2.05) is 0 Å². The summed E-state index contributed by atoms with van der Waals surface area (Å²) in [7, 11) is 1.13. The molecule has 0 aromatic heterocycles. The maximum Gasteiger partial charge on any atom is 0.342 e. The molecule has 7 rings (SSSR count). The van der Waals surface area contributed by atoms with Crippen LogP contribution in [0.4, 0.5) is 0 Å². The number of carbonyl (C=O) groups is 3. The van der Waals surface area contributed by atoms with Crippen molar-refractivity contribution in [2.45, 2.75) is 112 Å². The lowest BCUT2D eigenvalue weighted by molar-refractivity contribution is -0.411. The number of rotatable bonds is 1. The number of allylic oxidation sites excluding steroid dienone is 1. The Morgan fingerprint density at radius 3 is 2.37 bits per heavy atom. The van der Waals surface area contributed by atoms with Crippen LogP contribution < -0.4 is 0 Å². The van der Waals surface area contributed by atoms with Crippen LogP contribution >= 0.6 is 0 Å². The van der Waals surface area contributed by atoms with Crippen molar-refractivity contribution in [3.63, 3.8) is 0 Å². The molecule has 0 amide bonds. The van der Waals surface area contributed by atoms with Crippen LogP contribution in [-0.4, -0.2) is 96.6 Å². The SMILES string of the molecule is COC(=O)[C@@]1(C)O[C@@]2(O)[C@@H]3[C@@]45O[C@]2(O)[C@@H]2[C@H](O)C=C6CCCC(=O)[C@]6(C)[C@H]2CC[C@]4(O)C(=O)O[C@@]5(C)[C@H](O)C[C@@]31C. The van der Waals surface area contributed by atoms with Gasteiger partial charge in [0.15, 0.2) is 22.4 Å². The third-order valence-electron chi connectivity index (χ3n) is 12.8. The number of ketones is 1. The molecular formula is C29H38O12. The third-order valence-corrected chi connectivity index (χ3v) is 12.8. The predicted octanol–water partition coefficient (Wildman–Crippen LogP) is -0.385. The van der Waals surface area contributed by atoms with Gasteiger partial charge in [0, 0.05) is 11.8 Å². The molecule has 7 aliphatic rings. The topological polar surface area (TPSA) is 189 Å². The summed E-state index contributed by atoms with van der Waals surface area (Å²) in [5.41, 5.74) is -11.0. The third kappa shape index (κ3) is 2.45. The highest BCUT2D eigenvalue weighted by molar-refractivity contribution is 5.90. The number of methoxy groups -OCH3 is 1. The minimum absolute atomic E-state index is 0.0275. The maximum atomic E-state index is 13.7. The van der Waals surface area contributed by atoms with E-state index in [0.717, 1.165) is 7.11 Å². The highest BCUT2D eigenvalue weighted by Gasteiger charge is 2.98. The fourth-order valence-electron chi connectivity index (χ4n) is 10.6. The van der Waals surface area contributed by atoms with Crippen molar-refractivity contribution >= 4 is 17.7 Å². The summed E-state index contributed by atoms with van der Waals surface area (Å²) in [5, 5.41) is 61.3. The van der Waals surface area contributed by atoms with Gasteiger partial charge in [0.25, 0.3) is 0 Å². The minimum atomic E-state index is -2.88. The Bertz CT molecular complexity index is 1330. The number of ether oxygens (including phenoxy) is 4. The number of esters is 2. The van der Waals surface area contributed by atoms with E-state index < -0.39 is 86.7 Å². The zero-order valence-electron chi connectivity index (χ0n) is 23.8. The lowest BCUT2D eigenvalue weighted by Crippen LogP contribution is -2.77. The quantitative estimate of drug-likeness (QED) is 0.201. The molecule has 1 spiro atoms. The molecule has 4 aliphatic heterocycles. The number of carbonyl (C=O) groups excluding carboxylic acids is 3. The molecule has 12 heteroatoms. The van der Waals surface area contributed by atoms with Crippen molar-refractivity contribution in [1.29, 1.82) is 0 Å². The van der Waals surface area contributed by atoms with Gasteiger partial charge in [-0.1, -0.05) is 18.6 Å². The zero-order chi connectivity index (χ0) is 30.0. The maximum absolute atomic E-state index is 13.7. The molecule has 12 nitrogen and oxygen atoms in total. The van der Waals surface area contributed by atoms with Crippen molar-refractivity contribution in [2.75, 3.05) is 7.11 Å². The first-order valence-electron chi connectivity index (χ1n) is 14.4. The van der Waals surface area contributed by atoms with Crippen LogP contribution in [0.5, 0.6) is 0 Å². The Kier molecular flexibility index (Phi) is 5.03. The van der Waals surface area contributed by atoms with Crippen molar-refractivity contribution in [3.8, 4) is 0 Å². The van der Waals surface area contributed by atoms with Gasteiger partial charge >= 0.3 is 11.9 Å². The molecule has 0 aromatic carbocycles. The highest BCUT2D eigenvalue weighted by atomic mass is 16.8. The van der Waals surface area contributed by atoms with E-state index in [0.29, 0.717) is 18.4 Å². The summed E-state index contributed by atoms with van der Waals surface area (Å²) in [5.74, 6) is -11.7. The first-order valence-corrected chi connectivity index (χ1v) is 14.4. The number of hydrogen-bond acceptors (Lipinski definition) is 12. The van der Waals surface area contributed by atoms with E-state index in [9.17, 15) is 39.9 Å². The molecule has 4 saturated heterocycles. The Morgan fingerprint density at radius 1 is 1.02 bits per heavy atom. The Labute approximate surface area is 236 Å². The van der Waals surface area contributed by atoms with Gasteiger partial charge in [-0.05, 0) is 58.8 Å². The molecule has 0 aromatic rings. The Morgan fingerprint density at radius 2 is 1.71 bits per heavy atom. The Hall–Kier alpha value is -1.93. The van der Waals surface area contributed by atoms with Gasteiger partial charge in [-0.2, -0.15) is 0 Å². The van der Waals surface area contributed by atoms with Gasteiger partial charge in [-0.15, -0.1) is 0 Å². The largest absolute Gasteiger partial charge is 0.467 e. The molecule has 6 fully saturated rings. The molecule has 5 N–H and O–H groups in total. The molecule has 0 radical (unpaired) electrons. The normalized spacial score (nSPS) is 60.2. The highest BCUT2D eigenvalue weighted by Crippen LogP contribution is 2.79. The first-order chi connectivity index (χ1) is 18.9. The fraction of sp³-hybridized carbons (Fsp3) is 0.828. The summed E-state index contributed by atoms with van der Waals surface area (Å²) >= 11 is 0. The lowest BCUT2D eigenvalue weighted by atomic mass is 9.47. The smallest absolute Gasteiger partial charge is 0.342 e. The number of fused-ring (bicyclic) bond motifs is 6. The summed E-state index contributed by atoms with van der Waals surface area (Å²) in [6.45, 7) is 6.00. The number of aliphatic hydroxyl groups excluding tert-OH is 2. The van der Waals surface area contributed by atoms with E-state index in [2.05, 4.69) is 0 Å². The summed E-state index contributed by atoms with van der Waals surface area (Å²) in [6, 6.07) is 0. The van der Waals surface area contributed by atoms with Crippen LogP contribution in [0, 0.1) is 28.6 Å². The summed E-state index contributed by atoms with van der Waals surface area (Å²) in [6.07, 6.45) is -0.677. The number of aliphatic hydroxyl groups is 5. The van der Waals surface area contributed by atoms with Gasteiger partial charge in [-0.3, -0.25) is 4.79 Å². The van der Waals surface area contributed by atoms with E-state index in [4.69, 9.17) is 18.9 Å². The molecule has 41 heavy (non-hydrogen) atoms. The molecule has 2 saturated carbocycles. The molecule has 4 heterocycles. The van der Waals surface area contributed by atoms with E-state index in [1.54, 1.807) is 13.8 Å². The molecule has 0 unspecified atom stereocenters. The van der Waals surface area contributed by atoms with Crippen molar-refractivity contribution in [3.05, 3.63) is 11.6 Å². The second-order valence-electron chi connectivity index (χ2n) is 14.1. The van der Waals surface area contributed by atoms with Gasteiger partial charge in [-0.25, -0.2) is 9.59 Å². The average molecular weight is 579 g/mol. The predicted molar refractivity (Wildman–Crippen MR) is 134 cm³/mol. The standard InChI is InChI=1S/C29H38O12/c1-22-12-17(32)24(3)27-19(22)29(37,40-25(22,4)20(33)38-5)28(36,41-27)18-14(9-10-26(27,35)21(34)39-24)23(2)13(11-15(18)30)7-6-8-16(23)31/h11,14-15,17-19,30,32,35-37H,6-10,12H2,1-5H3/t14-,15+,17+,18-,19-,22-,23-,24-,25+,26-,27-,28+,29-/m0/s1. The van der Waals surface area contributed by atoms with Crippen LogP contribution in [0.25, 0.3) is 0 Å². The second kappa shape index (κ2) is 7.40. The minimum Gasteiger partial charge on any atom is -0.467 e. The van der Waals surface area contributed by atoms with E-state index >= 15 is 0 Å². The monoisotopic (exact) mass is 578 g/mol. The lowest BCUT2D eigenvalue weighted by Gasteiger charge is -2.60. The molecule has 2 bridgehead atoms. The first kappa shape index (κ1) is 27.9. The average Bonchev–Trinajstić information content (AvgIpc) is 3.30. The van der Waals surface area contributed by atoms with Crippen molar-refractivity contribution < 1.29 is 58.9 Å². The van der Waals surface area contributed by atoms with Crippen molar-refractivity contribution in [2.24, 2.45) is 28.6 Å². The molecule has 13 atom stereocenters. The van der Waals surface area contributed by atoms with Gasteiger partial charge < -0.3 is 44.5 Å². The molecule has 226 valence electrons. The summed E-state index contributed by atoms with van der Waals surface area (Å²) < 4.78 is 23.6. The van der Waals surface area contributed by atoms with Crippen LogP contribution in [0.1, 0.15) is 66.2 Å². The van der Waals surface area contributed by atoms with Crippen molar-refractivity contribution in [1.82, 2.24) is 0 Å². The van der Waals surface area contributed by atoms with Gasteiger partial charge in [0.05, 0.1) is 36.6 Å². The molecule has 3 aliphatic carbocycles. The van der Waals surface area contributed by atoms with E-state index in [1.165, 1.54) is 19.9 Å². The van der Waals surface area contributed by atoms with Crippen LogP contribution in [0.3, 0.4) is 0 Å². The van der Waals surface area contributed by atoms with Crippen LogP contribution in [-0.2, 0) is 33.3 Å². The van der Waals surface area contributed by atoms with Gasteiger partial charge in [0.1, 0.15) is 5.78 Å². The van der Waals surface area contributed by atoms with E-state index in [-0.39, 0.29) is 31.5 Å². The second-order valence-corrected chi connectivity index (χ2v) is 14.1. The number of hydrogen-bond donors (Lipinski definition) is 5. The summed E-state index contributed by atoms with van der Waals surface area (Å²) in [4.78, 5) is 40.7.